The number of unbranched alkanes of at least 4 members (excludes halogenated alkanes) is 1. The standard InChI is InChI=1S/C28H42N2O5S2/c1-19(2)27-28(33)29-22(18-35-20(3)31)16-21-11-12-24(17-26(21)30(27)4)34-14-7-9-23(32)8-5-6-10-25-13-15-36-37-25/h11-12,17,19,22,25,27H,5-10,13-16,18H2,1-4H3,(H,29,33)/t22-,25?,27-/m0/s1. The van der Waals surface area contributed by atoms with Crippen molar-refractivity contribution in [1.29, 1.82) is 0 Å². The third kappa shape index (κ3) is 9.43. The van der Waals surface area contributed by atoms with Crippen LogP contribution in [0.15, 0.2) is 18.2 Å². The van der Waals surface area contributed by atoms with Crippen molar-refractivity contribution in [3.05, 3.63) is 23.8 Å². The Morgan fingerprint density at radius 1 is 1.19 bits per heavy atom. The molecule has 1 aromatic carbocycles. The number of hydrogen-bond acceptors (Lipinski definition) is 8. The lowest BCUT2D eigenvalue weighted by Crippen LogP contribution is -2.54. The molecule has 0 spiro atoms. The van der Waals surface area contributed by atoms with Crippen LogP contribution in [-0.2, 0) is 25.5 Å². The first-order valence-corrected chi connectivity index (χ1v) is 15.8. The molecule has 206 valence electrons. The molecule has 2 aliphatic rings. The van der Waals surface area contributed by atoms with Gasteiger partial charge in [0.15, 0.2) is 0 Å². The Labute approximate surface area is 229 Å². The van der Waals surface area contributed by atoms with Crippen LogP contribution in [0.3, 0.4) is 0 Å². The van der Waals surface area contributed by atoms with Gasteiger partial charge in [-0.05, 0) is 49.7 Å². The summed E-state index contributed by atoms with van der Waals surface area (Å²) >= 11 is 0. The molecule has 0 aliphatic carbocycles. The van der Waals surface area contributed by atoms with Crippen molar-refractivity contribution in [3.63, 3.8) is 0 Å². The highest BCUT2D eigenvalue weighted by molar-refractivity contribution is 8.77. The topological polar surface area (TPSA) is 84.9 Å². The number of benzene rings is 1. The molecule has 7 nitrogen and oxygen atoms in total. The van der Waals surface area contributed by atoms with E-state index in [4.69, 9.17) is 9.47 Å². The zero-order valence-corrected chi connectivity index (χ0v) is 24.3. The number of nitrogens with one attached hydrogen (secondary N) is 1. The number of nitrogens with zero attached hydrogens (tertiary/aromatic N) is 1. The van der Waals surface area contributed by atoms with Crippen LogP contribution in [0.25, 0.3) is 0 Å². The van der Waals surface area contributed by atoms with Crippen molar-refractivity contribution < 1.29 is 23.9 Å². The Morgan fingerprint density at radius 3 is 2.68 bits per heavy atom. The third-order valence-electron chi connectivity index (χ3n) is 6.88. The number of anilines is 1. The molecule has 1 aromatic rings. The summed E-state index contributed by atoms with van der Waals surface area (Å²) in [4.78, 5) is 38.7. The molecule has 9 heteroatoms. The Bertz CT molecular complexity index is 920. The van der Waals surface area contributed by atoms with Crippen molar-refractivity contribution in [2.24, 2.45) is 5.92 Å². The lowest BCUT2D eigenvalue weighted by Gasteiger charge is -2.37. The first kappa shape index (κ1) is 29.7. The van der Waals surface area contributed by atoms with Crippen LogP contribution in [-0.4, -0.2) is 61.0 Å². The number of amides is 1. The van der Waals surface area contributed by atoms with Crippen LogP contribution in [0.2, 0.25) is 0 Å². The number of ether oxygens (including phenoxy) is 2. The summed E-state index contributed by atoms with van der Waals surface area (Å²) in [5.41, 5.74) is 2.00. The van der Waals surface area contributed by atoms with Crippen molar-refractivity contribution >= 4 is 44.9 Å². The summed E-state index contributed by atoms with van der Waals surface area (Å²) in [6.45, 7) is 6.03. The van der Waals surface area contributed by atoms with Crippen molar-refractivity contribution in [2.75, 3.05) is 30.9 Å². The second-order valence-electron chi connectivity index (χ2n) is 10.4. The summed E-state index contributed by atoms with van der Waals surface area (Å²) in [6.07, 6.45) is 7.12. The van der Waals surface area contributed by atoms with E-state index >= 15 is 0 Å². The Balaban J connectivity index is 1.52. The van der Waals surface area contributed by atoms with E-state index in [-0.39, 0.29) is 36.5 Å². The van der Waals surface area contributed by atoms with Gasteiger partial charge in [0.1, 0.15) is 24.2 Å². The smallest absolute Gasteiger partial charge is 0.302 e. The second-order valence-corrected chi connectivity index (χ2v) is 13.2. The molecule has 37 heavy (non-hydrogen) atoms. The van der Waals surface area contributed by atoms with Gasteiger partial charge < -0.3 is 19.7 Å². The molecule has 2 aliphatic heterocycles. The van der Waals surface area contributed by atoms with Crippen LogP contribution in [0.4, 0.5) is 5.69 Å². The molecule has 0 aromatic heterocycles. The van der Waals surface area contributed by atoms with Crippen molar-refractivity contribution in [2.45, 2.75) is 89.5 Å². The number of carbonyl (C=O) groups is 3. The SMILES string of the molecule is CC(=O)OC[C@@H]1Cc2ccc(OCCCC(=O)CCCCC3CCSS3)cc2N(C)[C@@H](C(C)C)C(=O)N1. The lowest BCUT2D eigenvalue weighted by molar-refractivity contribution is -0.142. The molecule has 1 unspecified atom stereocenters. The molecule has 1 N–H and O–H groups in total. The molecule has 3 atom stereocenters. The highest BCUT2D eigenvalue weighted by Gasteiger charge is 2.33. The number of rotatable bonds is 13. The zero-order chi connectivity index (χ0) is 26.8. The number of fused-ring (bicyclic) bond motifs is 1. The average Bonchev–Trinajstić information content (AvgIpc) is 3.36. The first-order chi connectivity index (χ1) is 17.7. The fraction of sp³-hybridized carbons (Fsp3) is 0.679. The minimum Gasteiger partial charge on any atom is -0.494 e. The monoisotopic (exact) mass is 550 g/mol. The van der Waals surface area contributed by atoms with Gasteiger partial charge >= 0.3 is 5.97 Å². The van der Waals surface area contributed by atoms with E-state index in [2.05, 4.69) is 5.32 Å². The Hall–Kier alpha value is -1.87. The maximum atomic E-state index is 13.0. The van der Waals surface area contributed by atoms with Crippen LogP contribution in [0.1, 0.15) is 71.3 Å². The fourth-order valence-electron chi connectivity index (χ4n) is 4.97. The van der Waals surface area contributed by atoms with Gasteiger partial charge in [-0.2, -0.15) is 0 Å². The average molecular weight is 551 g/mol. The van der Waals surface area contributed by atoms with Gasteiger partial charge in [-0.15, -0.1) is 0 Å². The molecule has 0 radical (unpaired) electrons. The van der Waals surface area contributed by atoms with Crippen molar-refractivity contribution in [3.8, 4) is 5.75 Å². The normalized spacial score (nSPS) is 21.7. The van der Waals surface area contributed by atoms with Crippen LogP contribution in [0.5, 0.6) is 5.75 Å². The summed E-state index contributed by atoms with van der Waals surface area (Å²) in [7, 11) is 5.91. The number of Topliss-reactive ketones (excluding diaryl/α,β-unsaturated/α-hetero) is 1. The van der Waals surface area contributed by atoms with Crippen LogP contribution in [0, 0.1) is 5.92 Å². The quantitative estimate of drug-likeness (QED) is 0.204. The molecule has 1 fully saturated rings. The predicted octanol–water partition coefficient (Wildman–Crippen LogP) is 5.19. The molecule has 3 rings (SSSR count). The van der Waals surface area contributed by atoms with Gasteiger partial charge in [0, 0.05) is 49.6 Å². The highest BCUT2D eigenvalue weighted by atomic mass is 33.1. The fourth-order valence-corrected chi connectivity index (χ4v) is 8.00. The van der Waals surface area contributed by atoms with E-state index in [1.807, 2.05) is 65.6 Å². The molecular weight excluding hydrogens is 508 g/mol. The van der Waals surface area contributed by atoms with E-state index in [0.29, 0.717) is 38.1 Å². The van der Waals surface area contributed by atoms with Gasteiger partial charge in [-0.3, -0.25) is 14.4 Å². The number of hydrogen-bond donors (Lipinski definition) is 1. The maximum Gasteiger partial charge on any atom is 0.302 e. The van der Waals surface area contributed by atoms with E-state index in [9.17, 15) is 14.4 Å². The van der Waals surface area contributed by atoms with Crippen molar-refractivity contribution in [1.82, 2.24) is 5.32 Å². The van der Waals surface area contributed by atoms with E-state index in [1.165, 1.54) is 25.5 Å². The highest BCUT2D eigenvalue weighted by Crippen LogP contribution is 2.40. The minimum absolute atomic E-state index is 0.0778. The van der Waals surface area contributed by atoms with Crippen LogP contribution < -0.4 is 15.0 Å². The first-order valence-electron chi connectivity index (χ1n) is 13.5. The number of carbonyl (C=O) groups excluding carboxylic acids is 3. The summed E-state index contributed by atoms with van der Waals surface area (Å²) in [6, 6.07) is 5.28. The van der Waals surface area contributed by atoms with Crippen LogP contribution >= 0.6 is 21.6 Å². The Kier molecular flexibility index (Phi) is 12.0. The molecule has 0 saturated carbocycles. The van der Waals surface area contributed by atoms with Gasteiger partial charge in [0.2, 0.25) is 5.91 Å². The zero-order valence-electron chi connectivity index (χ0n) is 22.6. The maximum absolute atomic E-state index is 13.0. The van der Waals surface area contributed by atoms with Gasteiger partial charge in [-0.1, -0.05) is 47.9 Å². The summed E-state index contributed by atoms with van der Waals surface area (Å²) in [5.74, 6) is 1.95. The molecule has 1 saturated heterocycles. The number of ketones is 1. The molecular formula is C28H42N2O5S2. The largest absolute Gasteiger partial charge is 0.494 e. The predicted molar refractivity (Wildman–Crippen MR) is 152 cm³/mol. The van der Waals surface area contributed by atoms with Gasteiger partial charge in [0.25, 0.3) is 0 Å². The Morgan fingerprint density at radius 2 is 1.97 bits per heavy atom. The van der Waals surface area contributed by atoms with E-state index in [1.54, 1.807) is 0 Å². The number of esters is 1. The molecule has 0 bridgehead atoms. The third-order valence-corrected chi connectivity index (χ3v) is 9.89. The van der Waals surface area contributed by atoms with E-state index < -0.39 is 0 Å². The summed E-state index contributed by atoms with van der Waals surface area (Å²) < 4.78 is 11.2. The van der Waals surface area contributed by atoms with Gasteiger partial charge in [-0.25, -0.2) is 0 Å². The lowest BCUT2D eigenvalue weighted by atomic mass is 9.95. The van der Waals surface area contributed by atoms with Gasteiger partial charge in [0.05, 0.1) is 12.6 Å². The second kappa shape index (κ2) is 14.9. The minimum atomic E-state index is -0.363. The number of likely N-dealkylation sites (N-methyl/N-ethyl adjacent to an activating group) is 1. The molecule has 1 amide bonds. The molecule has 2 heterocycles. The van der Waals surface area contributed by atoms with E-state index in [0.717, 1.165) is 35.1 Å². The summed E-state index contributed by atoms with van der Waals surface area (Å²) in [5, 5.41) is 3.83.